The maximum atomic E-state index is 13.7. The Morgan fingerprint density at radius 2 is 1.90 bits per heavy atom. The van der Waals surface area contributed by atoms with Crippen LogP contribution in [0.15, 0.2) is 48.8 Å². The number of likely N-dealkylation sites (tertiary alicyclic amines) is 1. The van der Waals surface area contributed by atoms with Gasteiger partial charge in [0.2, 0.25) is 5.91 Å². The fraction of sp³-hybridized carbons (Fsp3) is 0.367. The van der Waals surface area contributed by atoms with E-state index in [-0.39, 0.29) is 0 Å². The van der Waals surface area contributed by atoms with Crippen LogP contribution in [0.25, 0.3) is 23.1 Å². The fourth-order valence-electron chi connectivity index (χ4n) is 5.24. The number of piperidine rings is 1. The average Bonchev–Trinajstić information content (AvgIpc) is 3.30. The van der Waals surface area contributed by atoms with Crippen molar-refractivity contribution in [3.8, 4) is 6.07 Å². The number of nitrogens with zero attached hydrogens (tertiary/aromatic N) is 4. The van der Waals surface area contributed by atoms with Crippen molar-refractivity contribution in [2.45, 2.75) is 37.6 Å². The van der Waals surface area contributed by atoms with Gasteiger partial charge in [0.25, 0.3) is 11.8 Å². The first-order valence-corrected chi connectivity index (χ1v) is 13.4. The van der Waals surface area contributed by atoms with E-state index in [0.717, 1.165) is 41.2 Å². The third-order valence-corrected chi connectivity index (χ3v) is 7.42. The number of aromatic nitrogens is 2. The van der Waals surface area contributed by atoms with Gasteiger partial charge in [-0.05, 0) is 73.7 Å². The molecule has 2 aliphatic rings. The summed E-state index contributed by atoms with van der Waals surface area (Å²) in [5.74, 6) is -3.70. The van der Waals surface area contributed by atoms with Gasteiger partial charge in [-0.15, -0.1) is 0 Å². The van der Waals surface area contributed by atoms with Gasteiger partial charge in [-0.25, -0.2) is 8.78 Å². The standard InChI is InChI=1S/C30H30F2N6O2/c31-30(32)15-24(16-33)38(19-30)28(39)18-37-29(40)25-9-12-35-27-6-4-20(14-26(25)27)1-2-22-3-5-23(36-17-22)13-21-7-10-34-11-8-21/h1-6,9,12,14,17,21,24,34H,7-8,10-11,13,15,18-19H2,(H,37,40). The summed E-state index contributed by atoms with van der Waals surface area (Å²) >= 11 is 0. The van der Waals surface area contributed by atoms with Crippen molar-refractivity contribution >= 4 is 34.9 Å². The molecular weight excluding hydrogens is 514 g/mol. The Labute approximate surface area is 231 Å². The number of hydrogen-bond donors (Lipinski definition) is 2. The summed E-state index contributed by atoms with van der Waals surface area (Å²) in [4.78, 5) is 35.2. The molecule has 0 aliphatic carbocycles. The molecule has 2 saturated heterocycles. The van der Waals surface area contributed by atoms with Crippen LogP contribution < -0.4 is 10.6 Å². The molecule has 1 atom stereocenters. The van der Waals surface area contributed by atoms with Crippen molar-refractivity contribution in [1.82, 2.24) is 25.5 Å². The molecule has 0 spiro atoms. The lowest BCUT2D eigenvalue weighted by Crippen LogP contribution is -2.43. The van der Waals surface area contributed by atoms with Crippen LogP contribution in [-0.4, -0.2) is 64.8 Å². The smallest absolute Gasteiger partial charge is 0.268 e. The zero-order valence-electron chi connectivity index (χ0n) is 21.9. The van der Waals surface area contributed by atoms with Crippen LogP contribution in [0, 0.1) is 17.2 Å². The van der Waals surface area contributed by atoms with Crippen molar-refractivity contribution in [1.29, 1.82) is 5.26 Å². The number of hydrogen-bond acceptors (Lipinski definition) is 6. The molecule has 0 radical (unpaired) electrons. The molecule has 2 amide bonds. The Bertz CT molecular complexity index is 1460. The number of carbonyl (C=O) groups excluding carboxylic acids is 2. The highest BCUT2D eigenvalue weighted by molar-refractivity contribution is 6.07. The number of halogens is 2. The van der Waals surface area contributed by atoms with Crippen LogP contribution in [0.5, 0.6) is 0 Å². The molecule has 2 fully saturated rings. The molecular formula is C30H30F2N6O2. The number of nitrogens with one attached hydrogen (secondary N) is 2. The van der Waals surface area contributed by atoms with Crippen molar-refractivity contribution in [3.63, 3.8) is 0 Å². The van der Waals surface area contributed by atoms with Crippen LogP contribution in [0.2, 0.25) is 0 Å². The van der Waals surface area contributed by atoms with E-state index in [2.05, 4.69) is 26.7 Å². The molecule has 40 heavy (non-hydrogen) atoms. The zero-order valence-corrected chi connectivity index (χ0v) is 21.9. The summed E-state index contributed by atoms with van der Waals surface area (Å²) in [6, 6.07) is 11.7. The van der Waals surface area contributed by atoms with E-state index in [1.807, 2.05) is 36.5 Å². The predicted octanol–water partition coefficient (Wildman–Crippen LogP) is 3.83. The molecule has 206 valence electrons. The van der Waals surface area contributed by atoms with Crippen LogP contribution in [0.3, 0.4) is 0 Å². The molecule has 1 unspecified atom stereocenters. The highest BCUT2D eigenvalue weighted by Crippen LogP contribution is 2.31. The predicted molar refractivity (Wildman–Crippen MR) is 147 cm³/mol. The Balaban J connectivity index is 1.25. The van der Waals surface area contributed by atoms with E-state index < -0.39 is 43.3 Å². The number of alkyl halides is 2. The largest absolute Gasteiger partial charge is 0.343 e. The number of nitriles is 1. The molecule has 2 aromatic heterocycles. The van der Waals surface area contributed by atoms with Gasteiger partial charge < -0.3 is 15.5 Å². The Morgan fingerprint density at radius 1 is 1.12 bits per heavy atom. The summed E-state index contributed by atoms with van der Waals surface area (Å²) < 4.78 is 27.4. The van der Waals surface area contributed by atoms with Crippen molar-refractivity contribution in [3.05, 3.63) is 71.2 Å². The lowest BCUT2D eigenvalue weighted by atomic mass is 9.93. The SMILES string of the molecule is N#CC1CC(F)(F)CN1C(=O)CNC(=O)c1ccnc2ccc(C=Cc3ccc(CC4CCNCC4)nc3)cc12. The first-order valence-electron chi connectivity index (χ1n) is 13.4. The van der Waals surface area contributed by atoms with E-state index in [1.54, 1.807) is 18.2 Å². The molecule has 3 aromatic rings. The minimum atomic E-state index is -3.11. The number of carbonyl (C=O) groups is 2. The highest BCUT2D eigenvalue weighted by atomic mass is 19.3. The van der Waals surface area contributed by atoms with Crippen molar-refractivity contribution < 1.29 is 18.4 Å². The topological polar surface area (TPSA) is 111 Å². The van der Waals surface area contributed by atoms with Crippen LogP contribution in [-0.2, 0) is 11.2 Å². The minimum absolute atomic E-state index is 0.306. The number of amides is 2. The summed E-state index contributed by atoms with van der Waals surface area (Å²) in [7, 11) is 0. The quantitative estimate of drug-likeness (QED) is 0.468. The van der Waals surface area contributed by atoms with Gasteiger partial charge in [0.1, 0.15) is 6.04 Å². The lowest BCUT2D eigenvalue weighted by Gasteiger charge is -2.22. The third kappa shape index (κ3) is 6.49. The lowest BCUT2D eigenvalue weighted by molar-refractivity contribution is -0.131. The molecule has 5 rings (SSSR count). The third-order valence-electron chi connectivity index (χ3n) is 7.42. The maximum Gasteiger partial charge on any atom is 0.268 e. The van der Waals surface area contributed by atoms with Gasteiger partial charge in [-0.2, -0.15) is 5.26 Å². The number of benzene rings is 1. The molecule has 2 N–H and O–H groups in total. The van der Waals surface area contributed by atoms with Gasteiger partial charge in [0, 0.05) is 29.9 Å². The summed E-state index contributed by atoms with van der Waals surface area (Å²) in [5, 5.41) is 15.6. The van der Waals surface area contributed by atoms with Crippen molar-refractivity contribution in [2.24, 2.45) is 5.92 Å². The van der Waals surface area contributed by atoms with Gasteiger partial charge >= 0.3 is 0 Å². The summed E-state index contributed by atoms with van der Waals surface area (Å²) in [6.45, 7) is 0.815. The Hall–Kier alpha value is -4.23. The van der Waals surface area contributed by atoms with E-state index in [9.17, 15) is 18.4 Å². The maximum absolute atomic E-state index is 13.7. The molecule has 10 heteroatoms. The minimum Gasteiger partial charge on any atom is -0.343 e. The summed E-state index contributed by atoms with van der Waals surface area (Å²) in [5.41, 5.74) is 3.81. The van der Waals surface area contributed by atoms with E-state index in [0.29, 0.717) is 22.4 Å². The van der Waals surface area contributed by atoms with Crippen LogP contribution in [0.4, 0.5) is 8.78 Å². The average molecular weight is 545 g/mol. The normalized spacial score (nSPS) is 19.1. The second-order valence-electron chi connectivity index (χ2n) is 10.4. The van der Waals surface area contributed by atoms with E-state index in [1.165, 1.54) is 19.0 Å². The molecule has 2 aliphatic heterocycles. The highest BCUT2D eigenvalue weighted by Gasteiger charge is 2.47. The Morgan fingerprint density at radius 3 is 2.65 bits per heavy atom. The number of rotatable bonds is 7. The molecule has 0 bridgehead atoms. The first kappa shape index (κ1) is 27.3. The fourth-order valence-corrected chi connectivity index (χ4v) is 5.24. The van der Waals surface area contributed by atoms with E-state index >= 15 is 0 Å². The number of pyridine rings is 2. The van der Waals surface area contributed by atoms with Crippen molar-refractivity contribution in [2.75, 3.05) is 26.2 Å². The van der Waals surface area contributed by atoms with Gasteiger partial charge in [0.15, 0.2) is 0 Å². The van der Waals surface area contributed by atoms with Crippen LogP contribution in [0.1, 0.15) is 46.4 Å². The van der Waals surface area contributed by atoms with Gasteiger partial charge in [-0.1, -0.05) is 24.3 Å². The zero-order chi connectivity index (χ0) is 28.1. The second-order valence-corrected chi connectivity index (χ2v) is 10.4. The Kier molecular flexibility index (Phi) is 8.12. The first-order chi connectivity index (χ1) is 19.3. The number of fused-ring (bicyclic) bond motifs is 1. The van der Waals surface area contributed by atoms with E-state index in [4.69, 9.17) is 5.26 Å². The summed E-state index contributed by atoms with van der Waals surface area (Å²) in [6.07, 6.45) is 9.88. The van der Waals surface area contributed by atoms with Gasteiger partial charge in [0.05, 0.1) is 30.2 Å². The second kappa shape index (κ2) is 11.9. The van der Waals surface area contributed by atoms with Gasteiger partial charge in [-0.3, -0.25) is 19.6 Å². The monoisotopic (exact) mass is 544 g/mol. The van der Waals surface area contributed by atoms with Crippen LogP contribution >= 0.6 is 0 Å². The molecule has 4 heterocycles. The molecule has 8 nitrogen and oxygen atoms in total. The molecule has 0 saturated carbocycles. The molecule has 1 aromatic carbocycles.